The first-order valence-corrected chi connectivity index (χ1v) is 11.8. The molecule has 0 aliphatic carbocycles. The molecule has 2 bridgehead atoms. The van der Waals surface area contributed by atoms with Gasteiger partial charge in [-0.1, -0.05) is 17.7 Å². The van der Waals surface area contributed by atoms with Crippen molar-refractivity contribution < 1.29 is 18.5 Å². The highest BCUT2D eigenvalue weighted by molar-refractivity contribution is 7.94. The van der Waals surface area contributed by atoms with Gasteiger partial charge in [0.1, 0.15) is 5.75 Å². The molecule has 2 saturated heterocycles. The Morgan fingerprint density at radius 3 is 2.63 bits per heavy atom. The number of halogens is 1. The van der Waals surface area contributed by atoms with Crippen LogP contribution in [0.4, 0.5) is 0 Å². The Hall–Kier alpha value is -2.52. The third kappa shape index (κ3) is 4.96. The lowest BCUT2D eigenvalue weighted by Crippen LogP contribution is -2.52. The Labute approximate surface area is 179 Å². The summed E-state index contributed by atoms with van der Waals surface area (Å²) in [5.41, 5.74) is 0.0888. The van der Waals surface area contributed by atoms with Crippen molar-refractivity contribution in [1.82, 2.24) is 15.1 Å². The zero-order chi connectivity index (χ0) is 21.1. The highest BCUT2D eigenvalue weighted by atomic mass is 35.5. The molecular weight excluding hydrogens is 428 g/mol. The van der Waals surface area contributed by atoms with E-state index in [1.807, 2.05) is 0 Å². The lowest BCUT2D eigenvalue weighted by molar-refractivity contribution is -0.136. The second-order valence-corrected chi connectivity index (χ2v) is 10.5. The minimum absolute atomic E-state index is 0.0403. The number of nitrogens with zero attached hydrogens (tertiary/aromatic N) is 4. The van der Waals surface area contributed by atoms with E-state index in [4.69, 9.17) is 16.3 Å². The van der Waals surface area contributed by atoms with Gasteiger partial charge in [0.15, 0.2) is 12.3 Å². The fourth-order valence-electron chi connectivity index (χ4n) is 4.05. The molecule has 2 aromatic rings. The van der Waals surface area contributed by atoms with Gasteiger partial charge in [0, 0.05) is 35.8 Å². The molecule has 10 heteroatoms. The number of aromatic nitrogens is 2. The number of rotatable bonds is 4. The van der Waals surface area contributed by atoms with Crippen LogP contribution in [0, 0.1) is 11.8 Å². The van der Waals surface area contributed by atoms with Crippen LogP contribution in [0.1, 0.15) is 16.9 Å². The van der Waals surface area contributed by atoms with Crippen molar-refractivity contribution in [2.75, 3.05) is 31.2 Å². The average molecular weight is 449 g/mol. The normalized spacial score (nSPS) is 25.4. The van der Waals surface area contributed by atoms with Crippen molar-refractivity contribution in [2.24, 2.45) is 16.2 Å². The number of fused-ring (bicyclic) bond motifs is 2. The maximum atomic E-state index is 13.2. The molecule has 0 saturated carbocycles. The number of benzene rings is 1. The standard InChI is InChI=1S/C20H21ClN4O4S/c21-16-3-1-4-17(8-16)29-11-19(26)25-9-14-7-15(10-25)13-30(28,12-14)24-20(27)18-5-2-6-22-23-18/h1-6,8,14-15H,7,9-13H2. The van der Waals surface area contributed by atoms with E-state index in [2.05, 4.69) is 14.6 Å². The summed E-state index contributed by atoms with van der Waals surface area (Å²) >= 11 is 5.93. The van der Waals surface area contributed by atoms with Crippen LogP contribution in [-0.2, 0) is 14.5 Å². The molecule has 2 fully saturated rings. The highest BCUT2D eigenvalue weighted by Crippen LogP contribution is 2.31. The van der Waals surface area contributed by atoms with E-state index >= 15 is 0 Å². The van der Waals surface area contributed by atoms with E-state index in [0.29, 0.717) is 35.4 Å². The molecule has 158 valence electrons. The third-order valence-electron chi connectivity index (χ3n) is 5.17. The van der Waals surface area contributed by atoms with Crippen molar-refractivity contribution in [1.29, 1.82) is 0 Å². The minimum Gasteiger partial charge on any atom is -0.484 e. The molecule has 2 aliphatic rings. The van der Waals surface area contributed by atoms with Crippen LogP contribution in [0.25, 0.3) is 0 Å². The number of carbonyl (C=O) groups is 2. The first kappa shape index (κ1) is 20.7. The van der Waals surface area contributed by atoms with Crippen LogP contribution in [0.2, 0.25) is 5.02 Å². The van der Waals surface area contributed by atoms with E-state index in [0.717, 1.165) is 6.42 Å². The number of amides is 2. The van der Waals surface area contributed by atoms with Gasteiger partial charge < -0.3 is 9.64 Å². The third-order valence-corrected chi connectivity index (χ3v) is 7.89. The van der Waals surface area contributed by atoms with E-state index in [-0.39, 0.29) is 30.0 Å². The number of piperidine rings is 1. The topological polar surface area (TPSA) is 102 Å². The largest absolute Gasteiger partial charge is 0.484 e. The molecule has 0 radical (unpaired) electrons. The van der Waals surface area contributed by atoms with E-state index in [1.54, 1.807) is 35.2 Å². The molecule has 4 rings (SSSR count). The van der Waals surface area contributed by atoms with Crippen molar-refractivity contribution >= 4 is 33.1 Å². The number of hydrogen-bond acceptors (Lipinski definition) is 6. The predicted molar refractivity (Wildman–Crippen MR) is 112 cm³/mol. The van der Waals surface area contributed by atoms with Crippen LogP contribution < -0.4 is 4.74 Å². The SMILES string of the molecule is O=C(N=S1(=O)CC2CC(CN(C(=O)COc3cccc(Cl)c3)C2)C1)c1cccnn1. The van der Waals surface area contributed by atoms with Crippen LogP contribution >= 0.6 is 11.6 Å². The van der Waals surface area contributed by atoms with Gasteiger partial charge in [0.05, 0.1) is 9.73 Å². The quantitative estimate of drug-likeness (QED) is 0.711. The second kappa shape index (κ2) is 8.69. The summed E-state index contributed by atoms with van der Waals surface area (Å²) in [6.07, 6.45) is 2.34. The van der Waals surface area contributed by atoms with Gasteiger partial charge in [0.25, 0.3) is 5.91 Å². The summed E-state index contributed by atoms with van der Waals surface area (Å²) in [7, 11) is -2.68. The van der Waals surface area contributed by atoms with Crippen LogP contribution in [0.5, 0.6) is 5.75 Å². The lowest BCUT2D eigenvalue weighted by atomic mass is 9.91. The molecular formula is C20H21ClN4O4S. The second-order valence-electron chi connectivity index (χ2n) is 7.62. The fraction of sp³-hybridized carbons (Fsp3) is 0.400. The number of ether oxygens (including phenoxy) is 1. The van der Waals surface area contributed by atoms with Gasteiger partial charge in [-0.2, -0.15) is 9.46 Å². The molecule has 1 aromatic heterocycles. The van der Waals surface area contributed by atoms with Crippen molar-refractivity contribution in [3.63, 3.8) is 0 Å². The van der Waals surface area contributed by atoms with Gasteiger partial charge >= 0.3 is 5.91 Å². The fourth-order valence-corrected chi connectivity index (χ4v) is 6.87. The summed E-state index contributed by atoms with van der Waals surface area (Å²) in [4.78, 5) is 26.7. The van der Waals surface area contributed by atoms with Gasteiger partial charge in [-0.15, -0.1) is 5.10 Å². The molecule has 30 heavy (non-hydrogen) atoms. The highest BCUT2D eigenvalue weighted by Gasteiger charge is 2.38. The predicted octanol–water partition coefficient (Wildman–Crippen LogP) is 2.30. The van der Waals surface area contributed by atoms with E-state index in [9.17, 15) is 13.8 Å². The number of carbonyl (C=O) groups excluding carboxylic acids is 2. The summed E-state index contributed by atoms with van der Waals surface area (Å²) in [5.74, 6) is 0.499. The monoisotopic (exact) mass is 448 g/mol. The van der Waals surface area contributed by atoms with Crippen molar-refractivity contribution in [2.45, 2.75) is 6.42 Å². The molecule has 2 atom stereocenters. The van der Waals surface area contributed by atoms with Crippen molar-refractivity contribution in [3.8, 4) is 5.75 Å². The summed E-state index contributed by atoms with van der Waals surface area (Å²) in [5, 5.41) is 7.95. The lowest BCUT2D eigenvalue weighted by Gasteiger charge is -2.42. The molecule has 2 unspecified atom stereocenters. The Bertz CT molecular complexity index is 1050. The van der Waals surface area contributed by atoms with E-state index in [1.165, 1.54) is 12.3 Å². The Balaban J connectivity index is 1.39. The minimum atomic E-state index is -2.68. The smallest absolute Gasteiger partial charge is 0.305 e. The maximum Gasteiger partial charge on any atom is 0.305 e. The summed E-state index contributed by atoms with van der Waals surface area (Å²) < 4.78 is 22.8. The molecule has 3 heterocycles. The molecule has 2 aliphatic heterocycles. The zero-order valence-corrected chi connectivity index (χ0v) is 17.7. The first-order chi connectivity index (χ1) is 14.4. The Morgan fingerprint density at radius 1 is 1.20 bits per heavy atom. The Kier molecular flexibility index (Phi) is 6.01. The maximum absolute atomic E-state index is 13.2. The molecule has 1 aromatic carbocycles. The molecule has 8 nitrogen and oxygen atoms in total. The molecule has 0 N–H and O–H groups in total. The first-order valence-electron chi connectivity index (χ1n) is 9.61. The van der Waals surface area contributed by atoms with Crippen LogP contribution in [0.3, 0.4) is 0 Å². The summed E-state index contributed by atoms with van der Waals surface area (Å²) in [6, 6.07) is 9.99. The van der Waals surface area contributed by atoms with E-state index < -0.39 is 15.6 Å². The summed E-state index contributed by atoms with van der Waals surface area (Å²) in [6.45, 7) is 0.894. The number of hydrogen-bond donors (Lipinski definition) is 0. The number of likely N-dealkylation sites (tertiary alicyclic amines) is 1. The molecule has 0 spiro atoms. The van der Waals surface area contributed by atoms with Crippen LogP contribution in [-0.4, -0.2) is 62.3 Å². The Morgan fingerprint density at radius 2 is 1.97 bits per heavy atom. The van der Waals surface area contributed by atoms with Gasteiger partial charge in [0.2, 0.25) is 0 Å². The van der Waals surface area contributed by atoms with Gasteiger partial charge in [-0.3, -0.25) is 9.59 Å². The average Bonchev–Trinajstić information content (AvgIpc) is 2.71. The van der Waals surface area contributed by atoms with Gasteiger partial charge in [-0.25, -0.2) is 4.21 Å². The van der Waals surface area contributed by atoms with Crippen LogP contribution in [0.15, 0.2) is 47.0 Å². The zero-order valence-electron chi connectivity index (χ0n) is 16.1. The molecule has 2 amide bonds. The van der Waals surface area contributed by atoms with Crippen molar-refractivity contribution in [3.05, 3.63) is 53.3 Å². The van der Waals surface area contributed by atoms with Gasteiger partial charge in [-0.05, 0) is 48.6 Å².